The van der Waals surface area contributed by atoms with Crippen LogP contribution in [-0.4, -0.2) is 31.4 Å². The number of amides is 1. The Morgan fingerprint density at radius 1 is 1.35 bits per heavy atom. The maximum atomic E-state index is 13.1. The van der Waals surface area contributed by atoms with Crippen molar-refractivity contribution in [2.24, 2.45) is 5.92 Å². The van der Waals surface area contributed by atoms with E-state index in [0.717, 1.165) is 23.9 Å². The maximum Gasteiger partial charge on any atom is 0.418 e. The SMILES string of the molecule is CC(C)Cn1nnnc1SC(C)C(=O)Nc1ccc(Cl)cc1C(F)(F)F. The molecule has 1 N–H and O–H groups in total. The predicted molar refractivity (Wildman–Crippen MR) is 93.1 cm³/mol. The van der Waals surface area contributed by atoms with Gasteiger partial charge >= 0.3 is 6.18 Å². The topological polar surface area (TPSA) is 72.7 Å². The van der Waals surface area contributed by atoms with Crippen LogP contribution < -0.4 is 5.32 Å². The highest BCUT2D eigenvalue weighted by molar-refractivity contribution is 8.00. The number of tetrazole rings is 1. The number of aromatic nitrogens is 4. The molecule has 0 spiro atoms. The summed E-state index contributed by atoms with van der Waals surface area (Å²) in [7, 11) is 0. The molecule has 0 aliphatic rings. The van der Waals surface area contributed by atoms with E-state index in [1.807, 2.05) is 13.8 Å². The minimum Gasteiger partial charge on any atom is -0.325 e. The summed E-state index contributed by atoms with van der Waals surface area (Å²) in [4.78, 5) is 12.3. The predicted octanol–water partition coefficient (Wildman–Crippen LogP) is 4.12. The van der Waals surface area contributed by atoms with Crippen LogP contribution in [0.1, 0.15) is 26.3 Å². The number of alkyl halides is 3. The first-order valence-corrected chi connectivity index (χ1v) is 8.94. The van der Waals surface area contributed by atoms with Crippen LogP contribution in [0, 0.1) is 5.92 Å². The molecular weight excluding hydrogens is 391 g/mol. The van der Waals surface area contributed by atoms with Crippen molar-refractivity contribution in [3.05, 3.63) is 28.8 Å². The summed E-state index contributed by atoms with van der Waals surface area (Å²) in [6.07, 6.45) is -4.63. The second kappa shape index (κ2) is 8.26. The van der Waals surface area contributed by atoms with Crippen molar-refractivity contribution < 1.29 is 18.0 Å². The third-order valence-electron chi connectivity index (χ3n) is 3.23. The molecule has 0 aliphatic carbocycles. The molecule has 1 heterocycles. The largest absolute Gasteiger partial charge is 0.418 e. The Labute approximate surface area is 157 Å². The van der Waals surface area contributed by atoms with Crippen LogP contribution >= 0.6 is 23.4 Å². The Kier molecular flexibility index (Phi) is 6.51. The van der Waals surface area contributed by atoms with Gasteiger partial charge < -0.3 is 5.32 Å². The average Bonchev–Trinajstić information content (AvgIpc) is 2.94. The van der Waals surface area contributed by atoms with E-state index in [-0.39, 0.29) is 10.7 Å². The number of hydrogen-bond acceptors (Lipinski definition) is 5. The normalized spacial score (nSPS) is 13.1. The zero-order valence-electron chi connectivity index (χ0n) is 14.2. The molecule has 1 atom stereocenters. The van der Waals surface area contributed by atoms with Gasteiger partial charge in [0.1, 0.15) is 0 Å². The third kappa shape index (κ3) is 5.34. The number of nitrogens with one attached hydrogen (secondary N) is 1. The minimum atomic E-state index is -4.63. The van der Waals surface area contributed by atoms with Gasteiger partial charge in [-0.3, -0.25) is 4.79 Å². The quantitative estimate of drug-likeness (QED) is 0.729. The van der Waals surface area contributed by atoms with E-state index in [9.17, 15) is 18.0 Å². The smallest absolute Gasteiger partial charge is 0.325 e. The van der Waals surface area contributed by atoms with Gasteiger partial charge in [0.25, 0.3) is 0 Å². The summed E-state index contributed by atoms with van der Waals surface area (Å²) in [5.41, 5.74) is -1.35. The fraction of sp³-hybridized carbons (Fsp3) is 0.467. The number of anilines is 1. The number of halogens is 4. The number of rotatable bonds is 6. The van der Waals surface area contributed by atoms with Crippen LogP contribution in [0.2, 0.25) is 5.02 Å². The Balaban J connectivity index is 2.12. The van der Waals surface area contributed by atoms with Crippen LogP contribution in [0.5, 0.6) is 0 Å². The van der Waals surface area contributed by atoms with Crippen molar-refractivity contribution in [1.82, 2.24) is 20.2 Å². The lowest BCUT2D eigenvalue weighted by Gasteiger charge is -2.16. The first-order chi connectivity index (χ1) is 12.1. The number of hydrogen-bond donors (Lipinski definition) is 1. The Bertz CT molecular complexity index is 781. The molecule has 1 aromatic heterocycles. The van der Waals surface area contributed by atoms with Crippen LogP contribution in [0.3, 0.4) is 0 Å². The van der Waals surface area contributed by atoms with Crippen molar-refractivity contribution in [3.63, 3.8) is 0 Å². The standard InChI is InChI=1S/C15H17ClF3N5OS/c1-8(2)7-24-14(21-22-23-24)26-9(3)13(25)20-12-5-4-10(16)6-11(12)15(17,18)19/h4-6,8-9H,7H2,1-3H3,(H,20,25). The highest BCUT2D eigenvalue weighted by Crippen LogP contribution is 2.36. The van der Waals surface area contributed by atoms with Crippen molar-refractivity contribution in [3.8, 4) is 0 Å². The van der Waals surface area contributed by atoms with Gasteiger partial charge in [0, 0.05) is 11.6 Å². The molecule has 2 rings (SSSR count). The van der Waals surface area contributed by atoms with E-state index in [0.29, 0.717) is 17.6 Å². The zero-order chi connectivity index (χ0) is 19.5. The fourth-order valence-corrected chi connectivity index (χ4v) is 3.02. The Hall–Kier alpha value is -1.81. The molecule has 26 heavy (non-hydrogen) atoms. The fourth-order valence-electron chi connectivity index (χ4n) is 2.05. The van der Waals surface area contributed by atoms with Crippen LogP contribution in [-0.2, 0) is 17.5 Å². The van der Waals surface area contributed by atoms with Crippen LogP contribution in [0.25, 0.3) is 0 Å². The Morgan fingerprint density at radius 2 is 2.04 bits per heavy atom. The summed E-state index contributed by atoms with van der Waals surface area (Å²) in [5, 5.41) is 13.2. The molecule has 0 saturated carbocycles. The van der Waals surface area contributed by atoms with Crippen molar-refractivity contribution in [1.29, 1.82) is 0 Å². The van der Waals surface area contributed by atoms with E-state index in [2.05, 4.69) is 20.8 Å². The molecule has 6 nitrogen and oxygen atoms in total. The highest BCUT2D eigenvalue weighted by Gasteiger charge is 2.34. The number of nitrogens with zero attached hydrogens (tertiary/aromatic N) is 4. The number of thioether (sulfide) groups is 1. The molecule has 0 aliphatic heterocycles. The van der Waals surface area contributed by atoms with Gasteiger partial charge in [-0.1, -0.05) is 37.2 Å². The van der Waals surface area contributed by atoms with Crippen molar-refractivity contribution in [2.45, 2.75) is 43.9 Å². The van der Waals surface area contributed by atoms with E-state index in [1.54, 1.807) is 11.6 Å². The van der Waals surface area contributed by atoms with Gasteiger partial charge in [-0.2, -0.15) is 13.2 Å². The second-order valence-corrected chi connectivity index (χ2v) is 7.72. The Morgan fingerprint density at radius 3 is 2.65 bits per heavy atom. The van der Waals surface area contributed by atoms with E-state index in [1.165, 1.54) is 6.07 Å². The average molecular weight is 408 g/mol. The summed E-state index contributed by atoms with van der Waals surface area (Å²) in [6, 6.07) is 3.19. The van der Waals surface area contributed by atoms with E-state index < -0.39 is 22.9 Å². The molecule has 0 radical (unpaired) electrons. The molecule has 0 bridgehead atoms. The monoisotopic (exact) mass is 407 g/mol. The molecule has 0 fully saturated rings. The lowest BCUT2D eigenvalue weighted by molar-refractivity contribution is -0.137. The van der Waals surface area contributed by atoms with Gasteiger partial charge in [0.05, 0.1) is 16.5 Å². The molecule has 1 amide bonds. The molecule has 1 unspecified atom stereocenters. The summed E-state index contributed by atoms with van der Waals surface area (Å²) in [6.45, 7) is 6.12. The van der Waals surface area contributed by atoms with Crippen LogP contribution in [0.15, 0.2) is 23.4 Å². The number of benzene rings is 1. The summed E-state index contributed by atoms with van der Waals surface area (Å²) < 4.78 is 40.9. The lowest BCUT2D eigenvalue weighted by Crippen LogP contribution is -2.25. The van der Waals surface area contributed by atoms with Crippen molar-refractivity contribution in [2.75, 3.05) is 5.32 Å². The first-order valence-electron chi connectivity index (χ1n) is 7.68. The number of carbonyl (C=O) groups is 1. The molecule has 1 aromatic carbocycles. The third-order valence-corrected chi connectivity index (χ3v) is 4.54. The van der Waals surface area contributed by atoms with Gasteiger partial charge in [0.15, 0.2) is 0 Å². The lowest BCUT2D eigenvalue weighted by atomic mass is 10.1. The molecule has 2 aromatic rings. The van der Waals surface area contributed by atoms with Crippen LogP contribution in [0.4, 0.5) is 18.9 Å². The molecule has 0 saturated heterocycles. The second-order valence-electron chi connectivity index (χ2n) is 5.97. The van der Waals surface area contributed by atoms with Gasteiger partial charge in [-0.25, -0.2) is 4.68 Å². The summed E-state index contributed by atoms with van der Waals surface area (Å²) in [5.74, 6) is -0.299. The highest BCUT2D eigenvalue weighted by atomic mass is 35.5. The van der Waals surface area contributed by atoms with E-state index >= 15 is 0 Å². The van der Waals surface area contributed by atoms with Gasteiger partial charge in [-0.15, -0.1) is 5.10 Å². The number of carbonyl (C=O) groups excluding carboxylic acids is 1. The first kappa shape index (κ1) is 20.5. The minimum absolute atomic E-state index is 0.0643. The van der Waals surface area contributed by atoms with Gasteiger partial charge in [-0.05, 0) is 41.5 Å². The zero-order valence-corrected chi connectivity index (χ0v) is 15.8. The maximum absolute atomic E-state index is 13.1. The summed E-state index contributed by atoms with van der Waals surface area (Å²) >= 11 is 6.70. The van der Waals surface area contributed by atoms with Gasteiger partial charge in [0.2, 0.25) is 11.1 Å². The molecule has 11 heteroatoms. The van der Waals surface area contributed by atoms with E-state index in [4.69, 9.17) is 11.6 Å². The van der Waals surface area contributed by atoms with Crippen molar-refractivity contribution >= 4 is 35.0 Å². The molecular formula is C15H17ClF3N5OS. The molecule has 142 valence electrons.